The molecule has 1 aliphatic carbocycles. The van der Waals surface area contributed by atoms with Crippen molar-refractivity contribution in [3.8, 4) is 0 Å². The molecule has 1 aliphatic rings. The minimum atomic E-state index is -0.0505. The van der Waals surface area contributed by atoms with Crippen molar-refractivity contribution in [2.24, 2.45) is 11.3 Å². The molecule has 0 aliphatic heterocycles. The highest BCUT2D eigenvalue weighted by atomic mass is 16.7. The van der Waals surface area contributed by atoms with E-state index >= 15 is 0 Å². The van der Waals surface area contributed by atoms with Gasteiger partial charge in [0, 0.05) is 19.1 Å². The molecule has 0 heterocycles. The predicted octanol–water partition coefficient (Wildman–Crippen LogP) is 6.11. The highest BCUT2D eigenvalue weighted by Crippen LogP contribution is 2.47. The summed E-state index contributed by atoms with van der Waals surface area (Å²) in [5.41, 5.74) is 3.30. The van der Waals surface area contributed by atoms with Crippen molar-refractivity contribution in [1.82, 2.24) is 0 Å². The first kappa shape index (κ1) is 19.7. The lowest BCUT2D eigenvalue weighted by atomic mass is 9.85. The van der Waals surface area contributed by atoms with Gasteiger partial charge in [0.2, 0.25) is 0 Å². The molecule has 2 nitrogen and oxygen atoms in total. The van der Waals surface area contributed by atoms with Crippen LogP contribution < -0.4 is 0 Å². The molecule has 0 bridgehead atoms. The van der Waals surface area contributed by atoms with E-state index in [9.17, 15) is 0 Å². The first-order valence-electron chi connectivity index (χ1n) is 9.35. The summed E-state index contributed by atoms with van der Waals surface area (Å²) in [6, 6.07) is 0. The third kappa shape index (κ3) is 5.70. The molecule has 1 unspecified atom stereocenters. The van der Waals surface area contributed by atoms with Crippen LogP contribution in [0.25, 0.3) is 0 Å². The van der Waals surface area contributed by atoms with Gasteiger partial charge in [-0.2, -0.15) is 0 Å². The summed E-state index contributed by atoms with van der Waals surface area (Å²) >= 11 is 0. The molecule has 0 aromatic rings. The highest BCUT2D eigenvalue weighted by molar-refractivity contribution is 5.26. The van der Waals surface area contributed by atoms with Crippen molar-refractivity contribution in [3.05, 3.63) is 11.1 Å². The predicted molar refractivity (Wildman–Crippen MR) is 95.0 cm³/mol. The molecule has 0 fully saturated rings. The number of allylic oxidation sites excluding steroid dienone is 1. The summed E-state index contributed by atoms with van der Waals surface area (Å²) in [6.07, 6.45) is 8.34. The maximum Gasteiger partial charge on any atom is 0.164 e. The van der Waals surface area contributed by atoms with Crippen LogP contribution >= 0.6 is 0 Å². The molecular weight excluding hydrogens is 272 g/mol. The molecule has 130 valence electrons. The minimum Gasteiger partial charge on any atom is -0.352 e. The lowest BCUT2D eigenvalue weighted by Gasteiger charge is -2.27. The summed E-state index contributed by atoms with van der Waals surface area (Å²) in [7, 11) is 0. The molecule has 0 spiro atoms. The Bertz CT molecular complexity index is 332. The van der Waals surface area contributed by atoms with E-state index in [1.54, 1.807) is 0 Å². The summed E-state index contributed by atoms with van der Waals surface area (Å²) in [6.45, 7) is 15.4. The maximum atomic E-state index is 6.16. The number of hydrogen-bond donors (Lipinski definition) is 0. The number of hydrogen-bond acceptors (Lipinski definition) is 2. The first-order valence-corrected chi connectivity index (χ1v) is 9.35. The van der Waals surface area contributed by atoms with E-state index in [4.69, 9.17) is 9.47 Å². The molecule has 0 radical (unpaired) electrons. The zero-order valence-electron chi connectivity index (χ0n) is 15.8. The molecule has 0 saturated heterocycles. The topological polar surface area (TPSA) is 18.5 Å². The number of rotatable bonds is 11. The van der Waals surface area contributed by atoms with Crippen LogP contribution in [0.1, 0.15) is 86.5 Å². The molecule has 0 N–H and O–H groups in total. The smallest absolute Gasteiger partial charge is 0.164 e. The summed E-state index contributed by atoms with van der Waals surface area (Å²) < 4.78 is 12.3. The molecule has 0 saturated carbocycles. The van der Waals surface area contributed by atoms with Crippen LogP contribution in [0, 0.1) is 11.3 Å². The van der Waals surface area contributed by atoms with Gasteiger partial charge in [0.05, 0.1) is 0 Å². The normalized spacial score (nSPS) is 21.1. The molecule has 1 rings (SSSR count). The van der Waals surface area contributed by atoms with Gasteiger partial charge in [-0.3, -0.25) is 0 Å². The average molecular weight is 311 g/mol. The minimum absolute atomic E-state index is 0.0505. The van der Waals surface area contributed by atoms with Crippen LogP contribution in [-0.2, 0) is 9.47 Å². The highest BCUT2D eigenvalue weighted by Gasteiger charge is 2.39. The quantitative estimate of drug-likeness (QED) is 0.260. The van der Waals surface area contributed by atoms with Gasteiger partial charge in [0.25, 0.3) is 0 Å². The fourth-order valence-corrected chi connectivity index (χ4v) is 3.35. The Hall–Kier alpha value is -0.340. The second kappa shape index (κ2) is 9.72. The lowest BCUT2D eigenvalue weighted by Crippen LogP contribution is -2.29. The Morgan fingerprint density at radius 2 is 1.45 bits per heavy atom. The van der Waals surface area contributed by atoms with E-state index in [2.05, 4.69) is 41.5 Å². The van der Waals surface area contributed by atoms with Crippen LogP contribution in [0.3, 0.4) is 0 Å². The van der Waals surface area contributed by atoms with E-state index in [-0.39, 0.29) is 11.7 Å². The van der Waals surface area contributed by atoms with Gasteiger partial charge in [-0.25, -0.2) is 0 Å². The van der Waals surface area contributed by atoms with E-state index in [0.29, 0.717) is 5.92 Å². The Kier molecular flexibility index (Phi) is 8.71. The molecule has 0 aromatic heterocycles. The van der Waals surface area contributed by atoms with Crippen molar-refractivity contribution < 1.29 is 9.47 Å². The zero-order chi connectivity index (χ0) is 16.6. The van der Waals surface area contributed by atoms with Gasteiger partial charge in [-0.15, -0.1) is 0 Å². The standard InChI is InChI=1S/C20H38O2/c1-7-9-11-13-21-19(22-14-12-10-8-2)18-15-20(5,6)17(4)16(18)3/h18-19H,7-15H2,1-6H3. The van der Waals surface area contributed by atoms with Crippen molar-refractivity contribution in [2.75, 3.05) is 13.2 Å². The number of unbranched alkanes of at least 4 members (excludes halogenated alkanes) is 4. The number of ether oxygens (including phenoxy) is 2. The Morgan fingerprint density at radius 3 is 1.82 bits per heavy atom. The molecule has 2 heteroatoms. The van der Waals surface area contributed by atoms with Crippen molar-refractivity contribution in [1.29, 1.82) is 0 Å². The maximum absolute atomic E-state index is 6.16. The van der Waals surface area contributed by atoms with E-state index in [1.165, 1.54) is 36.8 Å². The van der Waals surface area contributed by atoms with Gasteiger partial charge in [-0.05, 0) is 38.5 Å². The molecule has 22 heavy (non-hydrogen) atoms. The summed E-state index contributed by atoms with van der Waals surface area (Å²) in [4.78, 5) is 0. The van der Waals surface area contributed by atoms with Crippen LogP contribution in [-0.4, -0.2) is 19.5 Å². The van der Waals surface area contributed by atoms with Gasteiger partial charge in [0.15, 0.2) is 6.29 Å². The Labute approximate surface area is 138 Å². The largest absolute Gasteiger partial charge is 0.352 e. The molecule has 0 aromatic carbocycles. The van der Waals surface area contributed by atoms with Gasteiger partial charge in [0.1, 0.15) is 0 Å². The van der Waals surface area contributed by atoms with Crippen molar-refractivity contribution in [2.45, 2.75) is 92.8 Å². The third-order valence-corrected chi connectivity index (χ3v) is 5.28. The van der Waals surface area contributed by atoms with E-state index in [1.807, 2.05) is 0 Å². The molecular formula is C20H38O2. The van der Waals surface area contributed by atoms with E-state index < -0.39 is 0 Å². The van der Waals surface area contributed by atoms with Crippen LogP contribution in [0.15, 0.2) is 11.1 Å². The second-order valence-electron chi connectivity index (χ2n) is 7.53. The second-order valence-corrected chi connectivity index (χ2v) is 7.53. The third-order valence-electron chi connectivity index (χ3n) is 5.28. The lowest BCUT2D eigenvalue weighted by molar-refractivity contribution is -0.168. The van der Waals surface area contributed by atoms with Crippen molar-refractivity contribution in [3.63, 3.8) is 0 Å². The zero-order valence-corrected chi connectivity index (χ0v) is 15.8. The Balaban J connectivity index is 2.60. The van der Waals surface area contributed by atoms with Crippen molar-refractivity contribution >= 4 is 0 Å². The Morgan fingerprint density at radius 1 is 0.955 bits per heavy atom. The molecule has 0 amide bonds. The van der Waals surface area contributed by atoms with Crippen LogP contribution in [0.5, 0.6) is 0 Å². The van der Waals surface area contributed by atoms with Gasteiger partial charge in [-0.1, -0.05) is 64.5 Å². The summed E-state index contributed by atoms with van der Waals surface area (Å²) in [5.74, 6) is 0.429. The van der Waals surface area contributed by atoms with Gasteiger partial charge < -0.3 is 9.47 Å². The monoisotopic (exact) mass is 310 g/mol. The van der Waals surface area contributed by atoms with Crippen LogP contribution in [0.2, 0.25) is 0 Å². The first-order chi connectivity index (χ1) is 10.4. The average Bonchev–Trinajstić information content (AvgIpc) is 2.69. The fourth-order valence-electron chi connectivity index (χ4n) is 3.35. The van der Waals surface area contributed by atoms with Gasteiger partial charge >= 0.3 is 0 Å². The SMILES string of the molecule is CCCCCOC(OCCCCC)C1CC(C)(C)C(C)=C1C. The summed E-state index contributed by atoms with van der Waals surface area (Å²) in [5, 5.41) is 0. The fraction of sp³-hybridized carbons (Fsp3) is 0.900. The van der Waals surface area contributed by atoms with E-state index in [0.717, 1.165) is 32.5 Å². The van der Waals surface area contributed by atoms with Crippen LogP contribution in [0.4, 0.5) is 0 Å². The molecule has 1 atom stereocenters.